The van der Waals surface area contributed by atoms with Crippen molar-refractivity contribution in [1.29, 1.82) is 0 Å². The molecule has 128 valence electrons. The quantitative estimate of drug-likeness (QED) is 0.184. The summed E-state index contributed by atoms with van der Waals surface area (Å²) in [7, 11) is 0. The zero-order valence-corrected chi connectivity index (χ0v) is 15.5. The van der Waals surface area contributed by atoms with Crippen LogP contribution in [-0.2, 0) is 14.3 Å². The molecule has 8 heteroatoms. The Hall–Kier alpha value is -0.680. The number of benzene rings is 1. The normalized spacial score (nSPS) is 10.5. The van der Waals surface area contributed by atoms with Crippen molar-refractivity contribution in [2.75, 3.05) is 6.61 Å². The van der Waals surface area contributed by atoms with Crippen LogP contribution in [0.3, 0.4) is 0 Å². The number of carbonyl (C=O) groups excluding carboxylic acids is 2. The number of hydrogen-bond acceptors (Lipinski definition) is 4. The van der Waals surface area contributed by atoms with Gasteiger partial charge in [-0.05, 0) is 12.5 Å². The molecule has 1 aromatic rings. The van der Waals surface area contributed by atoms with E-state index >= 15 is 0 Å². The fourth-order valence-corrected chi connectivity index (χ4v) is 2.60. The predicted molar refractivity (Wildman–Crippen MR) is 91.8 cm³/mol. The van der Waals surface area contributed by atoms with Gasteiger partial charge < -0.3 is 9.47 Å². The Balaban J connectivity index is 2.49. The van der Waals surface area contributed by atoms with Crippen molar-refractivity contribution in [2.24, 2.45) is 0 Å². The Bertz CT molecular complexity index is 575. The molecule has 0 bridgehead atoms. The third kappa shape index (κ3) is 6.76. The minimum absolute atomic E-state index is 0.0378. The summed E-state index contributed by atoms with van der Waals surface area (Å²) in [5.41, 5.74) is 0. The zero-order valence-electron chi connectivity index (χ0n) is 12.5. The minimum Gasteiger partial charge on any atom is -0.466 e. The van der Waals surface area contributed by atoms with E-state index in [9.17, 15) is 9.59 Å². The summed E-state index contributed by atoms with van der Waals surface area (Å²) in [5.74, 6) is -1.20. The molecule has 0 spiro atoms. The second kappa shape index (κ2) is 10.2. The lowest BCUT2D eigenvalue weighted by Gasteiger charge is -2.10. The van der Waals surface area contributed by atoms with E-state index in [-0.39, 0.29) is 38.7 Å². The highest BCUT2D eigenvalue weighted by Crippen LogP contribution is 2.42. The summed E-state index contributed by atoms with van der Waals surface area (Å²) in [5, 5.41) is 0.188. The molecular weight excluding hydrogens is 386 g/mol. The lowest BCUT2D eigenvalue weighted by atomic mass is 10.3. The summed E-state index contributed by atoms with van der Waals surface area (Å²) in [6, 6.07) is 1.32. The van der Waals surface area contributed by atoms with Crippen LogP contribution >= 0.6 is 46.4 Å². The van der Waals surface area contributed by atoms with Crippen molar-refractivity contribution in [3.63, 3.8) is 0 Å². The van der Waals surface area contributed by atoms with E-state index in [1.165, 1.54) is 6.07 Å². The van der Waals surface area contributed by atoms with Gasteiger partial charge in [-0.15, -0.1) is 0 Å². The number of ether oxygens (including phenoxy) is 2. The first-order valence-electron chi connectivity index (χ1n) is 7.06. The van der Waals surface area contributed by atoms with E-state index in [2.05, 4.69) is 6.92 Å². The molecule has 0 aliphatic carbocycles. The van der Waals surface area contributed by atoms with E-state index in [4.69, 9.17) is 55.9 Å². The van der Waals surface area contributed by atoms with Crippen LogP contribution in [0.2, 0.25) is 20.1 Å². The van der Waals surface area contributed by atoms with Gasteiger partial charge in [0.25, 0.3) is 0 Å². The number of esters is 2. The van der Waals surface area contributed by atoms with Gasteiger partial charge in [0, 0.05) is 0 Å². The molecule has 0 aromatic heterocycles. The second-order valence-corrected chi connectivity index (χ2v) is 6.27. The van der Waals surface area contributed by atoms with Gasteiger partial charge in [-0.1, -0.05) is 66.2 Å². The Morgan fingerprint density at radius 1 is 0.957 bits per heavy atom. The van der Waals surface area contributed by atoms with Crippen molar-refractivity contribution in [1.82, 2.24) is 0 Å². The molecule has 0 amide bonds. The molecule has 0 saturated heterocycles. The maximum atomic E-state index is 11.8. The number of hydrogen-bond donors (Lipinski definition) is 0. The minimum atomic E-state index is -0.669. The first-order valence-corrected chi connectivity index (χ1v) is 8.57. The fraction of sp³-hybridized carbons (Fsp3) is 0.467. The number of carbonyl (C=O) groups is 2. The molecule has 0 fully saturated rings. The summed E-state index contributed by atoms with van der Waals surface area (Å²) < 4.78 is 10.0. The largest absolute Gasteiger partial charge is 0.466 e. The van der Waals surface area contributed by atoms with Crippen LogP contribution in [0.4, 0.5) is 0 Å². The summed E-state index contributed by atoms with van der Waals surface area (Å²) in [4.78, 5) is 23.2. The van der Waals surface area contributed by atoms with Crippen molar-refractivity contribution < 1.29 is 19.1 Å². The van der Waals surface area contributed by atoms with E-state index in [1.54, 1.807) is 0 Å². The number of unbranched alkanes of at least 4 members (excludes halogenated alkanes) is 2. The first kappa shape index (κ1) is 20.4. The molecule has 0 radical (unpaired) electrons. The van der Waals surface area contributed by atoms with Crippen LogP contribution in [0.15, 0.2) is 6.07 Å². The van der Waals surface area contributed by atoms with Gasteiger partial charge >= 0.3 is 11.9 Å². The molecule has 0 aliphatic heterocycles. The Labute approximate surface area is 154 Å². The van der Waals surface area contributed by atoms with Crippen molar-refractivity contribution in [3.05, 3.63) is 26.2 Å². The molecule has 0 saturated carbocycles. The van der Waals surface area contributed by atoms with Crippen molar-refractivity contribution in [3.8, 4) is 5.75 Å². The Kier molecular flexibility index (Phi) is 9.07. The molecule has 0 atom stereocenters. The zero-order chi connectivity index (χ0) is 17.4. The molecule has 1 rings (SSSR count). The molecular formula is C15H16Cl4O4. The van der Waals surface area contributed by atoms with E-state index in [0.29, 0.717) is 6.61 Å². The van der Waals surface area contributed by atoms with Gasteiger partial charge in [-0.2, -0.15) is 0 Å². The lowest BCUT2D eigenvalue weighted by molar-refractivity contribution is -0.147. The number of rotatable bonds is 8. The Morgan fingerprint density at radius 2 is 1.61 bits per heavy atom. The fourth-order valence-electron chi connectivity index (χ4n) is 1.62. The van der Waals surface area contributed by atoms with Crippen LogP contribution in [0.1, 0.15) is 39.0 Å². The second-order valence-electron chi connectivity index (χ2n) is 4.70. The van der Waals surface area contributed by atoms with Gasteiger partial charge in [-0.3, -0.25) is 9.59 Å². The van der Waals surface area contributed by atoms with Crippen LogP contribution in [-0.4, -0.2) is 18.5 Å². The third-order valence-corrected chi connectivity index (χ3v) is 4.36. The van der Waals surface area contributed by atoms with E-state index in [1.807, 2.05) is 0 Å². The van der Waals surface area contributed by atoms with Crippen LogP contribution in [0.25, 0.3) is 0 Å². The van der Waals surface area contributed by atoms with E-state index in [0.717, 1.165) is 19.3 Å². The summed E-state index contributed by atoms with van der Waals surface area (Å²) >= 11 is 23.5. The van der Waals surface area contributed by atoms with Gasteiger partial charge in [-0.25, -0.2) is 0 Å². The third-order valence-electron chi connectivity index (χ3n) is 2.83. The van der Waals surface area contributed by atoms with Crippen LogP contribution in [0, 0.1) is 0 Å². The standard InChI is InChI=1S/C15H16Cl4O4/c1-2-3-4-7-22-11(20)5-6-12(21)23-15-10(17)8-9(16)13(18)14(15)19/h8H,2-7H2,1H3. The molecule has 0 aliphatic rings. The molecule has 0 unspecified atom stereocenters. The highest BCUT2D eigenvalue weighted by atomic mass is 35.5. The highest BCUT2D eigenvalue weighted by molar-refractivity contribution is 6.50. The molecule has 4 nitrogen and oxygen atoms in total. The van der Waals surface area contributed by atoms with Crippen LogP contribution in [0.5, 0.6) is 5.75 Å². The molecule has 0 N–H and O–H groups in total. The molecule has 1 aromatic carbocycles. The average Bonchev–Trinajstić information content (AvgIpc) is 2.51. The summed E-state index contributed by atoms with van der Waals surface area (Å²) in [6.07, 6.45) is 2.60. The van der Waals surface area contributed by atoms with Crippen LogP contribution < -0.4 is 4.74 Å². The average molecular weight is 402 g/mol. The Morgan fingerprint density at radius 3 is 2.26 bits per heavy atom. The van der Waals surface area contributed by atoms with Gasteiger partial charge in [0.2, 0.25) is 0 Å². The maximum Gasteiger partial charge on any atom is 0.311 e. The smallest absolute Gasteiger partial charge is 0.311 e. The SMILES string of the molecule is CCCCCOC(=O)CCC(=O)Oc1c(Cl)cc(Cl)c(Cl)c1Cl. The predicted octanol–water partition coefficient (Wildman–Crippen LogP) is 5.72. The van der Waals surface area contributed by atoms with E-state index < -0.39 is 11.9 Å². The van der Waals surface area contributed by atoms with Crippen molar-refractivity contribution >= 4 is 58.3 Å². The molecule has 0 heterocycles. The maximum absolute atomic E-state index is 11.8. The topological polar surface area (TPSA) is 52.6 Å². The van der Waals surface area contributed by atoms with Gasteiger partial charge in [0.15, 0.2) is 5.75 Å². The molecule has 23 heavy (non-hydrogen) atoms. The summed E-state index contributed by atoms with van der Waals surface area (Å²) in [6.45, 7) is 2.41. The monoisotopic (exact) mass is 400 g/mol. The first-order chi connectivity index (χ1) is 10.9. The lowest BCUT2D eigenvalue weighted by Crippen LogP contribution is -2.13. The number of halogens is 4. The van der Waals surface area contributed by atoms with Gasteiger partial charge in [0.1, 0.15) is 5.02 Å². The highest BCUT2D eigenvalue weighted by Gasteiger charge is 2.18. The van der Waals surface area contributed by atoms with Crippen molar-refractivity contribution in [2.45, 2.75) is 39.0 Å². The van der Waals surface area contributed by atoms with Gasteiger partial charge in [0.05, 0.1) is 34.5 Å².